The Hall–Kier alpha value is -0.922. The van der Waals surface area contributed by atoms with Crippen molar-refractivity contribution < 1.29 is 60.3 Å². The van der Waals surface area contributed by atoms with Gasteiger partial charge >= 0.3 is 21.1 Å². The van der Waals surface area contributed by atoms with Crippen LogP contribution in [0.25, 0.3) is 0 Å². The van der Waals surface area contributed by atoms with Crippen LogP contribution >= 0.6 is 7.60 Å². The van der Waals surface area contributed by atoms with Gasteiger partial charge in [-0.3, -0.25) is 14.7 Å². The molecule has 1 spiro atoms. The number of fused-ring (bicyclic) bond motifs is 2. The summed E-state index contributed by atoms with van der Waals surface area (Å²) in [5.41, 5.74) is 0.364. The van der Waals surface area contributed by atoms with E-state index in [1.54, 1.807) is 0 Å². The summed E-state index contributed by atoms with van der Waals surface area (Å²) in [5.74, 6) is -0.378. The zero-order valence-corrected chi connectivity index (χ0v) is 19.7. The summed E-state index contributed by atoms with van der Waals surface area (Å²) in [4.78, 5) is 41.0. The molecule has 4 aliphatic rings. The van der Waals surface area contributed by atoms with Gasteiger partial charge in [-0.15, -0.1) is 0 Å². The molecule has 4 heterocycles. The largest absolute Gasteiger partial charge is 2.00 e. The maximum atomic E-state index is 13.1. The molecule has 1 aromatic rings. The van der Waals surface area contributed by atoms with Gasteiger partial charge in [0.25, 0.3) is 5.91 Å². The molecule has 0 aromatic carbocycles. The summed E-state index contributed by atoms with van der Waals surface area (Å²) in [5, 5.41) is 36.9. The minimum atomic E-state index is -4.96. The fraction of sp³-hybridized carbons (Fsp3) is 0.750. The average molecular weight is 653 g/mol. The molecule has 0 unspecified atom stereocenters. The van der Waals surface area contributed by atoms with Crippen LogP contribution in [0.3, 0.4) is 0 Å². The molecule has 6 N–H and O–H groups in total. The summed E-state index contributed by atoms with van der Waals surface area (Å²) >= 11 is 0. The molecular formula is C16H23N6O8PPt. The van der Waals surface area contributed by atoms with Crippen molar-refractivity contribution in [2.75, 3.05) is 11.9 Å². The molecule has 5 rings (SSSR count). The first-order valence-corrected chi connectivity index (χ1v) is 11.6. The van der Waals surface area contributed by atoms with Crippen LogP contribution in [0.2, 0.25) is 0 Å². The van der Waals surface area contributed by atoms with Crippen LogP contribution in [0, 0.1) is 0 Å². The third-order valence-corrected chi connectivity index (χ3v) is 7.96. The first kappa shape index (κ1) is 24.2. The third-order valence-electron chi connectivity index (χ3n) is 6.50. The second-order valence-corrected chi connectivity index (χ2v) is 10.0. The van der Waals surface area contributed by atoms with Gasteiger partial charge in [0.15, 0.2) is 18.2 Å². The van der Waals surface area contributed by atoms with Crippen LogP contribution < -0.4 is 25.8 Å². The first-order valence-electron chi connectivity index (χ1n) is 10.0. The molecular weight excluding hydrogens is 630 g/mol. The Kier molecular flexibility index (Phi) is 6.34. The minimum Gasteiger partial charge on any atom is -0.810 e. The fourth-order valence-corrected chi connectivity index (χ4v) is 6.28. The Labute approximate surface area is 196 Å². The number of nitrogens with zero attached hydrogens (tertiary/aromatic N) is 3. The van der Waals surface area contributed by atoms with Crippen LogP contribution in [-0.2, 0) is 30.4 Å². The molecule has 16 heteroatoms. The minimum absolute atomic E-state index is 0. The molecule has 1 saturated carbocycles. The Morgan fingerprint density at radius 1 is 1.31 bits per heavy atom. The van der Waals surface area contributed by atoms with Gasteiger partial charge in [0, 0.05) is 5.66 Å². The third kappa shape index (κ3) is 3.58. The van der Waals surface area contributed by atoms with E-state index in [0.29, 0.717) is 19.3 Å². The number of hydrogen-bond acceptors (Lipinski definition) is 12. The number of hydrazine groups is 1. The van der Waals surface area contributed by atoms with Crippen LogP contribution in [0.4, 0.5) is 5.82 Å². The number of imidazole rings is 1. The van der Waals surface area contributed by atoms with E-state index in [1.165, 1.54) is 15.9 Å². The maximum Gasteiger partial charge on any atom is 2.00 e. The number of anilines is 1. The summed E-state index contributed by atoms with van der Waals surface area (Å²) in [7, 11) is -4.96. The number of nitrogens with one attached hydrogen (secondary N) is 3. The van der Waals surface area contributed by atoms with Gasteiger partial charge in [-0.25, -0.2) is 15.4 Å². The second kappa shape index (κ2) is 8.38. The number of aliphatic hydroxyl groups excluding tert-OH is 3. The van der Waals surface area contributed by atoms with E-state index in [0.717, 1.165) is 0 Å². The van der Waals surface area contributed by atoms with Crippen molar-refractivity contribution in [1.82, 2.24) is 25.3 Å². The predicted octanol–water partition coefficient (Wildman–Crippen LogP) is -3.70. The van der Waals surface area contributed by atoms with Gasteiger partial charge in [-0.1, -0.05) is 20.4 Å². The molecule has 32 heavy (non-hydrogen) atoms. The molecule has 14 nitrogen and oxygen atoms in total. The molecule has 0 bridgehead atoms. The molecule has 3 fully saturated rings. The molecule has 1 aromatic heterocycles. The molecule has 1 aliphatic carbocycles. The second-order valence-electron chi connectivity index (χ2n) is 8.33. The van der Waals surface area contributed by atoms with E-state index in [1.807, 2.05) is 0 Å². The monoisotopic (exact) mass is 653 g/mol. The van der Waals surface area contributed by atoms with Crippen LogP contribution in [-0.4, -0.2) is 78.3 Å². The van der Waals surface area contributed by atoms with E-state index in [4.69, 9.17) is 4.74 Å². The summed E-state index contributed by atoms with van der Waals surface area (Å²) < 4.78 is 18.8. The van der Waals surface area contributed by atoms with Crippen molar-refractivity contribution in [2.24, 2.45) is 0 Å². The SMILES string of the molecule is O=C1c2ncn([C@@H]3O[C@H](CO)[C@@H](O)[C@H]3O)c2N[C@H]2N[C@]3(CCCC[C@@H]3P(=O)([O-])[O-])NN12.[Pt+2]. The van der Waals surface area contributed by atoms with Gasteiger partial charge in [0.1, 0.15) is 24.1 Å². The normalized spacial score (nSPS) is 38.9. The number of carbonyl (C=O) groups is 1. The number of aromatic nitrogens is 2. The first-order chi connectivity index (χ1) is 14.7. The van der Waals surface area contributed by atoms with E-state index in [-0.39, 0.29) is 39.0 Å². The van der Waals surface area contributed by atoms with E-state index >= 15 is 0 Å². The molecule has 0 radical (unpaired) electrons. The smallest absolute Gasteiger partial charge is 0.810 e. The van der Waals surface area contributed by atoms with Gasteiger partial charge in [-0.2, -0.15) is 0 Å². The van der Waals surface area contributed by atoms with Gasteiger partial charge in [-0.05, 0) is 12.8 Å². The average Bonchev–Trinajstić information content (AvgIpc) is 3.37. The topological polar surface area (TPSA) is 207 Å². The Morgan fingerprint density at radius 3 is 2.72 bits per heavy atom. The zero-order valence-electron chi connectivity index (χ0n) is 16.6. The number of aliphatic hydroxyl groups is 3. The van der Waals surface area contributed by atoms with E-state index < -0.39 is 62.3 Å². The molecule has 7 atom stereocenters. The van der Waals surface area contributed by atoms with Crippen molar-refractivity contribution in [3.05, 3.63) is 12.0 Å². The predicted molar refractivity (Wildman–Crippen MR) is 97.7 cm³/mol. The zero-order chi connectivity index (χ0) is 22.1. The van der Waals surface area contributed by atoms with Crippen LogP contribution in [0.15, 0.2) is 6.33 Å². The van der Waals surface area contributed by atoms with Gasteiger partial charge < -0.3 is 39.7 Å². The number of amides is 1. The Balaban J connectivity index is 0.00000245. The van der Waals surface area contributed by atoms with Gasteiger partial charge in [0.2, 0.25) is 0 Å². The summed E-state index contributed by atoms with van der Waals surface area (Å²) in [6, 6.07) is 0. The van der Waals surface area contributed by atoms with Crippen LogP contribution in [0.5, 0.6) is 0 Å². The fourth-order valence-electron chi connectivity index (χ4n) is 4.98. The van der Waals surface area contributed by atoms with Crippen molar-refractivity contribution in [1.29, 1.82) is 0 Å². The number of hydrogen-bond donors (Lipinski definition) is 6. The maximum absolute atomic E-state index is 13.1. The molecule has 2 saturated heterocycles. The number of rotatable bonds is 3. The van der Waals surface area contributed by atoms with Crippen LogP contribution in [0.1, 0.15) is 42.4 Å². The standard InChI is InChI=1S/C16H25N6O8P.Pt/c23-5-7-10(24)11(25)14(30-7)21-6-17-9-12(21)18-15-19-16(20-22(15)13(9)26)4-2-1-3-8(16)31(27,28)29;/h6-8,10-11,14-15,18-20,23-25H,1-5H2,(H2,27,28,29);/q;+2/p-2/t7-,8+,10-,11-,14-,15+,16-;/m1./s1. The Morgan fingerprint density at radius 2 is 2.06 bits per heavy atom. The van der Waals surface area contributed by atoms with Crippen molar-refractivity contribution >= 4 is 19.3 Å². The summed E-state index contributed by atoms with van der Waals surface area (Å²) in [6.07, 6.45) is -2.66. The molecule has 3 aliphatic heterocycles. The van der Waals surface area contributed by atoms with Crippen molar-refractivity contribution in [2.45, 2.75) is 67.8 Å². The van der Waals surface area contributed by atoms with E-state index in [9.17, 15) is 34.5 Å². The molecule has 180 valence electrons. The molecule has 1 amide bonds. The number of carbonyl (C=O) groups excluding carboxylic acids is 1. The Bertz CT molecular complexity index is 946. The van der Waals surface area contributed by atoms with E-state index in [2.05, 4.69) is 21.0 Å². The quantitative estimate of drug-likeness (QED) is 0.175. The van der Waals surface area contributed by atoms with Crippen molar-refractivity contribution in [3.8, 4) is 0 Å². The van der Waals surface area contributed by atoms with Crippen molar-refractivity contribution in [3.63, 3.8) is 0 Å². The number of ether oxygens (including phenoxy) is 1. The van der Waals surface area contributed by atoms with Gasteiger partial charge in [0.05, 0.1) is 18.6 Å². The summed E-state index contributed by atoms with van der Waals surface area (Å²) in [6.45, 7) is -0.506.